The van der Waals surface area contributed by atoms with Crippen molar-refractivity contribution in [2.45, 2.75) is 25.1 Å². The highest BCUT2D eigenvalue weighted by Gasteiger charge is 2.31. The number of piperidine rings is 1. The van der Waals surface area contributed by atoms with Gasteiger partial charge in [-0.2, -0.15) is 0 Å². The molecule has 0 radical (unpaired) electrons. The van der Waals surface area contributed by atoms with Crippen molar-refractivity contribution >= 4 is 11.6 Å². The summed E-state index contributed by atoms with van der Waals surface area (Å²) in [6, 6.07) is 4.07. The molecule has 0 saturated carbocycles. The van der Waals surface area contributed by atoms with E-state index in [0.29, 0.717) is 10.6 Å². The molecule has 0 amide bonds. The van der Waals surface area contributed by atoms with E-state index in [1.807, 2.05) is 0 Å². The lowest BCUT2D eigenvalue weighted by Gasteiger charge is -2.24. The van der Waals surface area contributed by atoms with E-state index in [4.69, 9.17) is 11.6 Å². The molecule has 1 saturated heterocycles. The van der Waals surface area contributed by atoms with Gasteiger partial charge in [0.25, 0.3) is 0 Å². The van der Waals surface area contributed by atoms with E-state index in [0.717, 1.165) is 25.9 Å². The fourth-order valence-electron chi connectivity index (χ4n) is 2.15. The molecule has 1 heterocycles. The van der Waals surface area contributed by atoms with Crippen LogP contribution in [0.25, 0.3) is 0 Å². The van der Waals surface area contributed by atoms with E-state index < -0.39 is 6.36 Å². The van der Waals surface area contributed by atoms with Crippen LogP contribution in [-0.2, 0) is 0 Å². The number of rotatable bonds is 2. The molecule has 1 aliphatic rings. The fourth-order valence-corrected chi connectivity index (χ4v) is 2.42. The highest BCUT2D eigenvalue weighted by molar-refractivity contribution is 6.31. The average molecular weight is 280 g/mol. The Morgan fingerprint density at radius 1 is 1.33 bits per heavy atom. The van der Waals surface area contributed by atoms with Crippen LogP contribution >= 0.6 is 11.6 Å². The molecule has 100 valence electrons. The monoisotopic (exact) mass is 279 g/mol. The van der Waals surface area contributed by atoms with Gasteiger partial charge in [0.1, 0.15) is 5.75 Å². The smallest absolute Gasteiger partial charge is 0.406 e. The maximum atomic E-state index is 12.1. The molecule has 2 nitrogen and oxygen atoms in total. The van der Waals surface area contributed by atoms with Gasteiger partial charge in [0.15, 0.2) is 0 Å². The number of halogens is 4. The Kier molecular flexibility index (Phi) is 4.02. The SMILES string of the molecule is FC(F)(F)Oc1ccc(Cl)c(C2CCCNC2)c1. The Labute approximate surface area is 108 Å². The van der Waals surface area contributed by atoms with Gasteiger partial charge < -0.3 is 10.1 Å². The average Bonchev–Trinajstić information content (AvgIpc) is 2.31. The van der Waals surface area contributed by atoms with E-state index in [1.54, 1.807) is 0 Å². The van der Waals surface area contributed by atoms with Crippen molar-refractivity contribution in [3.63, 3.8) is 0 Å². The van der Waals surface area contributed by atoms with E-state index in [1.165, 1.54) is 18.2 Å². The van der Waals surface area contributed by atoms with Crippen LogP contribution in [0.4, 0.5) is 13.2 Å². The number of ether oxygens (including phenoxy) is 1. The molecule has 2 rings (SSSR count). The molecule has 1 fully saturated rings. The normalized spacial score (nSPS) is 20.8. The van der Waals surface area contributed by atoms with Crippen molar-refractivity contribution in [2.75, 3.05) is 13.1 Å². The minimum atomic E-state index is -4.67. The lowest BCUT2D eigenvalue weighted by molar-refractivity contribution is -0.274. The lowest BCUT2D eigenvalue weighted by atomic mass is 9.91. The van der Waals surface area contributed by atoms with Gasteiger partial charge in [0, 0.05) is 11.6 Å². The first-order valence-electron chi connectivity index (χ1n) is 5.71. The van der Waals surface area contributed by atoms with Gasteiger partial charge in [0.05, 0.1) is 0 Å². The topological polar surface area (TPSA) is 21.3 Å². The van der Waals surface area contributed by atoms with Crippen molar-refractivity contribution in [3.05, 3.63) is 28.8 Å². The van der Waals surface area contributed by atoms with E-state index in [-0.39, 0.29) is 11.7 Å². The number of alkyl halides is 3. The second-order valence-corrected chi connectivity index (χ2v) is 4.68. The van der Waals surface area contributed by atoms with Crippen LogP contribution in [0.3, 0.4) is 0 Å². The van der Waals surface area contributed by atoms with Crippen molar-refractivity contribution in [2.24, 2.45) is 0 Å². The van der Waals surface area contributed by atoms with Crippen LogP contribution in [0.1, 0.15) is 24.3 Å². The fraction of sp³-hybridized carbons (Fsp3) is 0.500. The molecule has 1 N–H and O–H groups in total. The quantitative estimate of drug-likeness (QED) is 0.891. The minimum absolute atomic E-state index is 0.142. The third kappa shape index (κ3) is 3.53. The van der Waals surface area contributed by atoms with Crippen molar-refractivity contribution in [1.29, 1.82) is 0 Å². The molecule has 0 spiro atoms. The van der Waals surface area contributed by atoms with Crippen LogP contribution in [0, 0.1) is 0 Å². The molecule has 1 unspecified atom stereocenters. The highest BCUT2D eigenvalue weighted by Crippen LogP contribution is 2.33. The van der Waals surface area contributed by atoms with Crippen LogP contribution in [0.2, 0.25) is 5.02 Å². The summed E-state index contributed by atoms with van der Waals surface area (Å²) in [5.74, 6) is -0.0736. The number of benzene rings is 1. The number of nitrogens with one attached hydrogen (secondary N) is 1. The molecular weight excluding hydrogens is 267 g/mol. The van der Waals surface area contributed by atoms with Gasteiger partial charge in [-0.05, 0) is 49.1 Å². The minimum Gasteiger partial charge on any atom is -0.406 e. The third-order valence-electron chi connectivity index (χ3n) is 2.94. The van der Waals surface area contributed by atoms with Gasteiger partial charge in [-0.15, -0.1) is 13.2 Å². The largest absolute Gasteiger partial charge is 0.573 e. The zero-order chi connectivity index (χ0) is 13.2. The van der Waals surface area contributed by atoms with Gasteiger partial charge in [0.2, 0.25) is 0 Å². The van der Waals surface area contributed by atoms with Crippen LogP contribution in [0.15, 0.2) is 18.2 Å². The predicted octanol–water partition coefficient (Wildman–Crippen LogP) is 3.71. The van der Waals surface area contributed by atoms with Crippen molar-refractivity contribution in [1.82, 2.24) is 5.32 Å². The molecule has 1 aromatic rings. The molecule has 1 aromatic carbocycles. The third-order valence-corrected chi connectivity index (χ3v) is 3.28. The second-order valence-electron chi connectivity index (χ2n) is 4.27. The maximum absolute atomic E-state index is 12.1. The summed E-state index contributed by atoms with van der Waals surface area (Å²) in [5, 5.41) is 3.69. The molecule has 6 heteroatoms. The maximum Gasteiger partial charge on any atom is 0.573 e. The Morgan fingerprint density at radius 3 is 2.72 bits per heavy atom. The summed E-state index contributed by atoms with van der Waals surface area (Å²) < 4.78 is 40.4. The zero-order valence-electron chi connectivity index (χ0n) is 9.56. The Bertz CT molecular complexity index is 416. The highest BCUT2D eigenvalue weighted by atomic mass is 35.5. The zero-order valence-corrected chi connectivity index (χ0v) is 10.3. The van der Waals surface area contributed by atoms with Gasteiger partial charge >= 0.3 is 6.36 Å². The van der Waals surface area contributed by atoms with Crippen molar-refractivity contribution < 1.29 is 17.9 Å². The summed E-state index contributed by atoms with van der Waals surface area (Å²) in [6.07, 6.45) is -2.76. The Morgan fingerprint density at radius 2 is 2.11 bits per heavy atom. The number of hydrogen-bond acceptors (Lipinski definition) is 2. The molecule has 1 aliphatic heterocycles. The summed E-state index contributed by atoms with van der Waals surface area (Å²) in [4.78, 5) is 0. The summed E-state index contributed by atoms with van der Waals surface area (Å²) in [5.41, 5.74) is 0.714. The first-order chi connectivity index (χ1) is 8.46. The van der Waals surface area contributed by atoms with Crippen LogP contribution < -0.4 is 10.1 Å². The van der Waals surface area contributed by atoms with E-state index >= 15 is 0 Å². The summed E-state index contributed by atoms with van der Waals surface area (Å²) in [6.45, 7) is 1.67. The molecule has 0 bridgehead atoms. The predicted molar refractivity (Wildman–Crippen MR) is 63.0 cm³/mol. The van der Waals surface area contributed by atoms with Crippen molar-refractivity contribution in [3.8, 4) is 5.75 Å². The summed E-state index contributed by atoms with van der Waals surface area (Å²) in [7, 11) is 0. The molecule has 0 aromatic heterocycles. The van der Waals surface area contributed by atoms with Gasteiger partial charge in [-0.1, -0.05) is 11.6 Å². The summed E-state index contributed by atoms with van der Waals surface area (Å²) >= 11 is 6.04. The van der Waals surface area contributed by atoms with E-state index in [2.05, 4.69) is 10.1 Å². The molecule has 1 atom stereocenters. The van der Waals surface area contributed by atoms with Crippen LogP contribution in [0.5, 0.6) is 5.75 Å². The second kappa shape index (κ2) is 5.36. The Hall–Kier alpha value is -0.940. The first kappa shape index (κ1) is 13.5. The molecule has 18 heavy (non-hydrogen) atoms. The standard InChI is InChI=1S/C12H13ClF3NO/c13-11-4-3-9(18-12(14,15)16)6-10(11)8-2-1-5-17-7-8/h3-4,6,8,17H,1-2,5,7H2. The molecule has 0 aliphatic carbocycles. The Balaban J connectivity index is 2.20. The van der Waals surface area contributed by atoms with Gasteiger partial charge in [-0.3, -0.25) is 0 Å². The lowest BCUT2D eigenvalue weighted by Crippen LogP contribution is -2.28. The van der Waals surface area contributed by atoms with Gasteiger partial charge in [-0.25, -0.2) is 0 Å². The molecular formula is C12H13ClF3NO. The first-order valence-corrected chi connectivity index (χ1v) is 6.09. The van der Waals surface area contributed by atoms with Crippen LogP contribution in [-0.4, -0.2) is 19.5 Å². The van der Waals surface area contributed by atoms with E-state index in [9.17, 15) is 13.2 Å². The number of hydrogen-bond donors (Lipinski definition) is 1.